The topological polar surface area (TPSA) is 98.9 Å². The van der Waals surface area contributed by atoms with Crippen molar-refractivity contribution < 1.29 is 17.9 Å². The van der Waals surface area contributed by atoms with Gasteiger partial charge in [-0.1, -0.05) is 0 Å². The van der Waals surface area contributed by atoms with Gasteiger partial charge in [0.1, 0.15) is 17.2 Å². The van der Waals surface area contributed by atoms with E-state index in [-0.39, 0.29) is 17.4 Å². The zero-order chi connectivity index (χ0) is 17.7. The Kier molecular flexibility index (Phi) is 5.02. The zero-order valence-corrected chi connectivity index (χ0v) is 12.6. The van der Waals surface area contributed by atoms with Crippen LogP contribution in [0.15, 0.2) is 52.8 Å². The molecule has 6 nitrogen and oxygen atoms in total. The molecule has 4 N–H and O–H groups in total. The van der Waals surface area contributed by atoms with Crippen molar-refractivity contribution in [2.24, 2.45) is 21.7 Å². The van der Waals surface area contributed by atoms with Crippen molar-refractivity contribution in [3.63, 3.8) is 0 Å². The normalized spacial score (nSPS) is 11.9. The SMILES string of the molecule is COc1ccc(/C(=N/N=C(N)N)c2ncccc2C(F)(F)F)cc1. The molecule has 0 aliphatic rings. The number of hydrogen-bond donors (Lipinski definition) is 2. The van der Waals surface area contributed by atoms with Crippen molar-refractivity contribution in [1.29, 1.82) is 0 Å². The lowest BCUT2D eigenvalue weighted by atomic mass is 10.0. The van der Waals surface area contributed by atoms with Gasteiger partial charge in [-0.2, -0.15) is 13.2 Å². The lowest BCUT2D eigenvalue weighted by molar-refractivity contribution is -0.137. The summed E-state index contributed by atoms with van der Waals surface area (Å²) in [5, 5.41) is 7.21. The quantitative estimate of drug-likeness (QED) is 0.507. The van der Waals surface area contributed by atoms with E-state index in [1.54, 1.807) is 12.1 Å². The third kappa shape index (κ3) is 4.00. The number of halogens is 3. The number of methoxy groups -OCH3 is 1. The Bertz CT molecular complexity index is 765. The first kappa shape index (κ1) is 17.3. The Hall–Kier alpha value is -3.10. The van der Waals surface area contributed by atoms with Crippen LogP contribution in [0.3, 0.4) is 0 Å². The number of guanidine groups is 1. The van der Waals surface area contributed by atoms with Crippen LogP contribution in [0.25, 0.3) is 0 Å². The Morgan fingerprint density at radius 2 is 1.75 bits per heavy atom. The molecular formula is C15H14F3N5O. The highest BCUT2D eigenvalue weighted by atomic mass is 19.4. The van der Waals surface area contributed by atoms with Crippen LogP contribution in [-0.2, 0) is 6.18 Å². The molecule has 0 amide bonds. The highest BCUT2D eigenvalue weighted by Gasteiger charge is 2.35. The molecule has 24 heavy (non-hydrogen) atoms. The van der Waals surface area contributed by atoms with Crippen molar-refractivity contribution in [1.82, 2.24) is 4.98 Å². The molecule has 0 saturated heterocycles. The summed E-state index contributed by atoms with van der Waals surface area (Å²) in [6.45, 7) is 0. The third-order valence-electron chi connectivity index (χ3n) is 2.97. The predicted octanol–water partition coefficient (Wildman–Crippen LogP) is 2.13. The van der Waals surface area contributed by atoms with Gasteiger partial charge in [-0.15, -0.1) is 10.2 Å². The highest BCUT2D eigenvalue weighted by Crippen LogP contribution is 2.32. The maximum atomic E-state index is 13.2. The van der Waals surface area contributed by atoms with Crippen LogP contribution in [0.1, 0.15) is 16.8 Å². The first-order valence-electron chi connectivity index (χ1n) is 6.66. The number of nitrogens with zero attached hydrogens (tertiary/aromatic N) is 3. The van der Waals surface area contributed by atoms with E-state index in [2.05, 4.69) is 15.2 Å². The van der Waals surface area contributed by atoms with Crippen molar-refractivity contribution in [2.75, 3.05) is 7.11 Å². The number of hydrogen-bond acceptors (Lipinski definition) is 4. The molecule has 0 radical (unpaired) electrons. The maximum absolute atomic E-state index is 13.2. The number of rotatable bonds is 4. The Morgan fingerprint density at radius 1 is 1.08 bits per heavy atom. The molecule has 0 aliphatic heterocycles. The van der Waals surface area contributed by atoms with E-state index >= 15 is 0 Å². The van der Waals surface area contributed by atoms with Crippen molar-refractivity contribution in [3.8, 4) is 5.75 Å². The van der Waals surface area contributed by atoms with Gasteiger partial charge >= 0.3 is 6.18 Å². The second-order valence-corrected chi connectivity index (χ2v) is 4.60. The molecule has 2 aromatic rings. The molecule has 0 aliphatic carbocycles. The summed E-state index contributed by atoms with van der Waals surface area (Å²) in [4.78, 5) is 3.81. The molecule has 0 atom stereocenters. The standard InChI is InChI=1S/C15H14F3N5O/c1-24-10-6-4-9(5-7-10)12(22-23-14(19)20)13-11(15(16,17)18)3-2-8-21-13/h2-8H,1H3,(H4,19,20,23)/b22-12-. The number of pyridine rings is 1. The van der Waals surface area contributed by atoms with Crippen LogP contribution in [0.4, 0.5) is 13.2 Å². The number of alkyl halides is 3. The van der Waals surface area contributed by atoms with Crippen LogP contribution in [0.5, 0.6) is 5.75 Å². The number of benzene rings is 1. The van der Waals surface area contributed by atoms with Crippen LogP contribution in [0.2, 0.25) is 0 Å². The van der Waals surface area contributed by atoms with Gasteiger partial charge in [0.15, 0.2) is 0 Å². The fourth-order valence-electron chi connectivity index (χ4n) is 1.92. The van der Waals surface area contributed by atoms with Gasteiger partial charge in [-0.25, -0.2) is 0 Å². The monoisotopic (exact) mass is 337 g/mol. The summed E-state index contributed by atoms with van der Waals surface area (Å²) < 4.78 is 44.8. The number of ether oxygens (including phenoxy) is 1. The molecular weight excluding hydrogens is 323 g/mol. The van der Waals surface area contributed by atoms with Gasteiger partial charge in [-0.05, 0) is 36.4 Å². The maximum Gasteiger partial charge on any atom is 0.418 e. The molecule has 0 saturated carbocycles. The molecule has 1 heterocycles. The molecule has 2 rings (SSSR count). The first-order valence-corrected chi connectivity index (χ1v) is 6.66. The van der Waals surface area contributed by atoms with E-state index in [0.29, 0.717) is 11.3 Å². The molecule has 9 heteroatoms. The Labute approximate surface area is 135 Å². The van der Waals surface area contributed by atoms with Crippen LogP contribution >= 0.6 is 0 Å². The fraction of sp³-hybridized carbons (Fsp3) is 0.133. The smallest absolute Gasteiger partial charge is 0.418 e. The minimum Gasteiger partial charge on any atom is -0.497 e. The minimum atomic E-state index is -4.60. The van der Waals surface area contributed by atoms with Crippen LogP contribution < -0.4 is 16.2 Å². The number of nitrogens with two attached hydrogens (primary N) is 2. The fourth-order valence-corrected chi connectivity index (χ4v) is 1.92. The largest absolute Gasteiger partial charge is 0.497 e. The molecule has 0 fully saturated rings. The van der Waals surface area contributed by atoms with E-state index in [1.165, 1.54) is 31.5 Å². The van der Waals surface area contributed by atoms with Gasteiger partial charge in [0.25, 0.3) is 0 Å². The van der Waals surface area contributed by atoms with Crippen LogP contribution in [0, 0.1) is 0 Å². The lowest BCUT2D eigenvalue weighted by Crippen LogP contribution is -2.22. The van der Waals surface area contributed by atoms with Gasteiger partial charge in [0.05, 0.1) is 12.7 Å². The van der Waals surface area contributed by atoms with E-state index in [0.717, 1.165) is 6.07 Å². The number of aromatic nitrogens is 1. The van der Waals surface area contributed by atoms with Crippen molar-refractivity contribution in [2.45, 2.75) is 6.18 Å². The van der Waals surface area contributed by atoms with E-state index in [1.807, 2.05) is 0 Å². The average molecular weight is 337 g/mol. The van der Waals surface area contributed by atoms with Gasteiger partial charge < -0.3 is 16.2 Å². The van der Waals surface area contributed by atoms with Gasteiger partial charge in [0, 0.05) is 11.8 Å². The summed E-state index contributed by atoms with van der Waals surface area (Å²) >= 11 is 0. The summed E-state index contributed by atoms with van der Waals surface area (Å²) in [6.07, 6.45) is -3.37. The summed E-state index contributed by atoms with van der Waals surface area (Å²) in [6, 6.07) is 8.34. The van der Waals surface area contributed by atoms with E-state index in [4.69, 9.17) is 16.2 Å². The van der Waals surface area contributed by atoms with E-state index in [9.17, 15) is 13.2 Å². The summed E-state index contributed by atoms with van der Waals surface area (Å²) in [5.74, 6) is 0.155. The first-order chi connectivity index (χ1) is 11.3. The third-order valence-corrected chi connectivity index (χ3v) is 2.97. The molecule has 0 bridgehead atoms. The Balaban J connectivity index is 2.64. The predicted molar refractivity (Wildman–Crippen MR) is 83.7 cm³/mol. The second kappa shape index (κ2) is 6.99. The van der Waals surface area contributed by atoms with Gasteiger partial charge in [0.2, 0.25) is 5.96 Å². The van der Waals surface area contributed by atoms with Crippen molar-refractivity contribution in [3.05, 3.63) is 59.4 Å². The zero-order valence-electron chi connectivity index (χ0n) is 12.6. The Morgan fingerprint density at radius 3 is 2.29 bits per heavy atom. The van der Waals surface area contributed by atoms with Gasteiger partial charge in [-0.3, -0.25) is 4.98 Å². The lowest BCUT2D eigenvalue weighted by Gasteiger charge is -2.13. The summed E-state index contributed by atoms with van der Waals surface area (Å²) in [7, 11) is 1.48. The molecule has 126 valence electrons. The summed E-state index contributed by atoms with van der Waals surface area (Å²) in [5.41, 5.74) is 9.37. The van der Waals surface area contributed by atoms with E-state index < -0.39 is 11.7 Å². The molecule has 1 aromatic heterocycles. The van der Waals surface area contributed by atoms with Crippen molar-refractivity contribution >= 4 is 11.7 Å². The molecule has 0 unspecified atom stereocenters. The molecule has 0 spiro atoms. The average Bonchev–Trinajstić information content (AvgIpc) is 2.55. The molecule has 1 aromatic carbocycles. The second-order valence-electron chi connectivity index (χ2n) is 4.60. The minimum absolute atomic E-state index is 0.112. The highest BCUT2D eigenvalue weighted by molar-refractivity contribution is 6.12. The van der Waals surface area contributed by atoms with Crippen LogP contribution in [-0.4, -0.2) is 23.8 Å².